The lowest BCUT2D eigenvalue weighted by Crippen LogP contribution is -2.23. The second-order valence-electron chi connectivity index (χ2n) is 5.47. The van der Waals surface area contributed by atoms with Crippen LogP contribution in [-0.2, 0) is 0 Å². The summed E-state index contributed by atoms with van der Waals surface area (Å²) in [4.78, 5) is 2.16. The minimum Gasteiger partial charge on any atom is -0.507 e. The Morgan fingerprint density at radius 3 is 2.65 bits per heavy atom. The normalized spacial score (nSPS) is 10.6. The molecule has 0 amide bonds. The van der Waals surface area contributed by atoms with Crippen LogP contribution in [0.1, 0.15) is 19.4 Å². The van der Waals surface area contributed by atoms with Crippen molar-refractivity contribution in [3.8, 4) is 11.5 Å². The second kappa shape index (κ2) is 9.62. The summed E-state index contributed by atoms with van der Waals surface area (Å²) in [5.41, 5.74) is 5.11. The van der Waals surface area contributed by atoms with Crippen LogP contribution in [0.4, 0.5) is 11.4 Å². The van der Waals surface area contributed by atoms with Gasteiger partial charge in [-0.3, -0.25) is 5.43 Å². The molecule has 0 heterocycles. The lowest BCUT2D eigenvalue weighted by atomic mass is 10.2. The zero-order valence-corrected chi connectivity index (χ0v) is 16.0. The van der Waals surface area contributed by atoms with Crippen LogP contribution < -0.4 is 20.4 Å². The van der Waals surface area contributed by atoms with Crippen molar-refractivity contribution in [2.75, 3.05) is 30.4 Å². The number of hydrogen-bond acceptors (Lipinski definition) is 5. The standard InChI is InChI=1S/C19H24N4O2S/c1-4-23(5-2)16-10-9-14(18(24)12-16)13-20-22-19(26)21-15-7-6-8-17(11-15)25-3/h6-13,24H,4-5H2,1-3H3,(H2,21,22,26)/b20-13+. The third-order valence-corrected chi connectivity index (χ3v) is 4.03. The fraction of sp³-hybridized carbons (Fsp3) is 0.263. The van der Waals surface area contributed by atoms with Gasteiger partial charge in [0.15, 0.2) is 5.11 Å². The van der Waals surface area contributed by atoms with Gasteiger partial charge in [-0.25, -0.2) is 0 Å². The molecule has 138 valence electrons. The molecule has 2 aromatic carbocycles. The van der Waals surface area contributed by atoms with E-state index in [-0.39, 0.29) is 5.75 Å². The summed E-state index contributed by atoms with van der Waals surface area (Å²) < 4.78 is 5.17. The van der Waals surface area contributed by atoms with Crippen molar-refractivity contribution in [1.82, 2.24) is 5.43 Å². The van der Waals surface area contributed by atoms with Gasteiger partial charge in [-0.1, -0.05) is 6.07 Å². The molecule has 0 radical (unpaired) electrons. The second-order valence-corrected chi connectivity index (χ2v) is 5.88. The van der Waals surface area contributed by atoms with Gasteiger partial charge in [0.1, 0.15) is 11.5 Å². The molecule has 0 bridgehead atoms. The molecule has 0 atom stereocenters. The number of aromatic hydroxyl groups is 1. The lowest BCUT2D eigenvalue weighted by Gasteiger charge is -2.21. The molecule has 0 aliphatic rings. The molecule has 2 aromatic rings. The predicted octanol–water partition coefficient (Wildman–Crippen LogP) is 3.57. The third-order valence-electron chi connectivity index (χ3n) is 3.84. The van der Waals surface area contributed by atoms with E-state index in [4.69, 9.17) is 17.0 Å². The van der Waals surface area contributed by atoms with E-state index in [1.165, 1.54) is 6.21 Å². The number of hydrazone groups is 1. The van der Waals surface area contributed by atoms with E-state index in [1.807, 2.05) is 36.4 Å². The number of ether oxygens (including phenoxy) is 1. The summed E-state index contributed by atoms with van der Waals surface area (Å²) in [6, 6.07) is 12.9. The Morgan fingerprint density at radius 2 is 2.00 bits per heavy atom. The van der Waals surface area contributed by atoms with Gasteiger partial charge in [0, 0.05) is 42.2 Å². The van der Waals surface area contributed by atoms with Gasteiger partial charge < -0.3 is 20.1 Å². The summed E-state index contributed by atoms with van der Waals surface area (Å²) in [7, 11) is 1.61. The van der Waals surface area contributed by atoms with Crippen LogP contribution in [0.5, 0.6) is 11.5 Å². The van der Waals surface area contributed by atoms with Gasteiger partial charge >= 0.3 is 0 Å². The first kappa shape index (κ1) is 19.5. The fourth-order valence-electron chi connectivity index (χ4n) is 2.45. The molecule has 6 nitrogen and oxygen atoms in total. The van der Waals surface area contributed by atoms with Crippen LogP contribution in [0.25, 0.3) is 0 Å². The van der Waals surface area contributed by atoms with E-state index in [1.54, 1.807) is 13.2 Å². The quantitative estimate of drug-likeness (QED) is 0.392. The van der Waals surface area contributed by atoms with Crippen molar-refractivity contribution < 1.29 is 9.84 Å². The summed E-state index contributed by atoms with van der Waals surface area (Å²) in [6.07, 6.45) is 1.53. The predicted molar refractivity (Wildman–Crippen MR) is 112 cm³/mol. The maximum atomic E-state index is 10.2. The molecule has 0 unspecified atom stereocenters. The van der Waals surface area contributed by atoms with Crippen molar-refractivity contribution in [2.24, 2.45) is 5.10 Å². The first-order valence-corrected chi connectivity index (χ1v) is 8.80. The monoisotopic (exact) mass is 372 g/mol. The Hall–Kier alpha value is -2.80. The van der Waals surface area contributed by atoms with Gasteiger partial charge in [-0.05, 0) is 50.3 Å². The zero-order chi connectivity index (χ0) is 18.9. The highest BCUT2D eigenvalue weighted by molar-refractivity contribution is 7.80. The SMILES string of the molecule is CCN(CC)c1ccc(/C=N/NC(=S)Nc2cccc(OC)c2)c(O)c1. The fourth-order valence-corrected chi connectivity index (χ4v) is 2.62. The molecule has 0 saturated heterocycles. The zero-order valence-electron chi connectivity index (χ0n) is 15.2. The molecule has 0 aromatic heterocycles. The van der Waals surface area contributed by atoms with Crippen LogP contribution in [0, 0.1) is 0 Å². The number of phenols is 1. The van der Waals surface area contributed by atoms with Crippen molar-refractivity contribution in [3.05, 3.63) is 48.0 Å². The number of nitrogens with zero attached hydrogens (tertiary/aromatic N) is 2. The Balaban J connectivity index is 1.96. The van der Waals surface area contributed by atoms with Crippen molar-refractivity contribution in [3.63, 3.8) is 0 Å². The van der Waals surface area contributed by atoms with E-state index >= 15 is 0 Å². The Morgan fingerprint density at radius 1 is 1.23 bits per heavy atom. The molecule has 0 saturated carbocycles. The van der Waals surface area contributed by atoms with Crippen molar-refractivity contribution in [2.45, 2.75) is 13.8 Å². The minimum absolute atomic E-state index is 0.173. The number of rotatable bonds is 7. The molecule has 0 aliphatic heterocycles. The average molecular weight is 372 g/mol. The summed E-state index contributed by atoms with van der Waals surface area (Å²) in [5, 5.41) is 17.6. The number of phenolic OH excluding ortho intramolecular Hbond substituents is 1. The van der Waals surface area contributed by atoms with Crippen molar-refractivity contribution in [1.29, 1.82) is 0 Å². The molecular weight excluding hydrogens is 348 g/mol. The van der Waals surface area contributed by atoms with E-state index < -0.39 is 0 Å². The number of benzene rings is 2. The van der Waals surface area contributed by atoms with Crippen molar-refractivity contribution >= 4 is 34.9 Å². The molecule has 2 rings (SSSR count). The Labute approximate surface area is 159 Å². The molecule has 26 heavy (non-hydrogen) atoms. The number of thiocarbonyl (C=S) groups is 1. The first-order valence-electron chi connectivity index (χ1n) is 8.39. The minimum atomic E-state index is 0.173. The number of methoxy groups -OCH3 is 1. The van der Waals surface area contributed by atoms with Gasteiger partial charge in [-0.15, -0.1) is 0 Å². The van der Waals surface area contributed by atoms with E-state index in [2.05, 4.69) is 34.6 Å². The lowest BCUT2D eigenvalue weighted by molar-refractivity contribution is 0.415. The topological polar surface area (TPSA) is 69.1 Å². The third kappa shape index (κ3) is 5.35. The molecule has 0 fully saturated rings. The van der Waals surface area contributed by atoms with Gasteiger partial charge in [0.25, 0.3) is 0 Å². The number of hydrogen-bond donors (Lipinski definition) is 3. The Kier molecular flexibility index (Phi) is 7.23. The highest BCUT2D eigenvalue weighted by Gasteiger charge is 2.05. The summed E-state index contributed by atoms with van der Waals surface area (Å²) in [6.45, 7) is 5.93. The first-order chi connectivity index (χ1) is 12.6. The highest BCUT2D eigenvalue weighted by atomic mass is 32.1. The van der Waals surface area contributed by atoms with Crippen LogP contribution in [0.15, 0.2) is 47.6 Å². The van der Waals surface area contributed by atoms with Crippen LogP contribution in [0.3, 0.4) is 0 Å². The molecule has 0 spiro atoms. The highest BCUT2D eigenvalue weighted by Crippen LogP contribution is 2.23. The Bertz CT molecular complexity index is 776. The van der Waals surface area contributed by atoms with E-state index in [0.717, 1.165) is 30.2 Å². The summed E-state index contributed by atoms with van der Waals surface area (Å²) >= 11 is 5.20. The molecule has 0 aliphatic carbocycles. The van der Waals surface area contributed by atoms with Crippen LogP contribution >= 0.6 is 12.2 Å². The average Bonchev–Trinajstić information content (AvgIpc) is 2.64. The number of nitrogens with one attached hydrogen (secondary N) is 2. The van der Waals surface area contributed by atoms with Crippen LogP contribution in [0.2, 0.25) is 0 Å². The maximum Gasteiger partial charge on any atom is 0.191 e. The largest absolute Gasteiger partial charge is 0.507 e. The molecule has 7 heteroatoms. The smallest absolute Gasteiger partial charge is 0.191 e. The molecule has 3 N–H and O–H groups in total. The molecular formula is C19H24N4O2S. The van der Waals surface area contributed by atoms with Gasteiger partial charge in [0.05, 0.1) is 13.3 Å². The van der Waals surface area contributed by atoms with E-state index in [9.17, 15) is 5.11 Å². The maximum absolute atomic E-state index is 10.2. The van der Waals surface area contributed by atoms with Gasteiger partial charge in [-0.2, -0.15) is 5.10 Å². The summed E-state index contributed by atoms with van der Waals surface area (Å²) in [5.74, 6) is 0.908. The number of anilines is 2. The van der Waals surface area contributed by atoms with E-state index in [0.29, 0.717) is 10.7 Å². The van der Waals surface area contributed by atoms with Crippen LogP contribution in [-0.4, -0.2) is 36.6 Å². The van der Waals surface area contributed by atoms with Gasteiger partial charge in [0.2, 0.25) is 0 Å².